The van der Waals surface area contributed by atoms with E-state index in [1.807, 2.05) is 6.20 Å². The highest BCUT2D eigenvalue weighted by Crippen LogP contribution is 2.27. The van der Waals surface area contributed by atoms with Crippen LogP contribution in [0.15, 0.2) is 30.5 Å². The SMILES string of the molecule is CC(C)c1cnc(Nc2nc(OCc3ccc(F)cc3)nc(N3CCN(C)CC3)n2)s1. The Bertz CT molecular complexity index is 1000. The highest BCUT2D eigenvalue weighted by Gasteiger charge is 2.19. The molecule has 2 aromatic heterocycles. The van der Waals surface area contributed by atoms with Crippen LogP contribution in [0.4, 0.5) is 21.4 Å². The van der Waals surface area contributed by atoms with E-state index in [1.54, 1.807) is 23.5 Å². The minimum Gasteiger partial charge on any atom is -0.458 e. The summed E-state index contributed by atoms with van der Waals surface area (Å²) in [6.45, 7) is 8.02. The second-order valence-electron chi connectivity index (χ2n) is 7.79. The van der Waals surface area contributed by atoms with Crippen LogP contribution in [0.3, 0.4) is 0 Å². The number of likely N-dealkylation sites (N-methyl/N-ethyl adjacent to an activating group) is 1. The first-order valence-electron chi connectivity index (χ1n) is 10.3. The number of ether oxygens (including phenoxy) is 1. The maximum atomic E-state index is 13.2. The molecule has 1 aliphatic rings. The van der Waals surface area contributed by atoms with E-state index in [0.29, 0.717) is 17.8 Å². The van der Waals surface area contributed by atoms with Crippen LogP contribution in [0, 0.1) is 5.82 Å². The van der Waals surface area contributed by atoms with Gasteiger partial charge in [0.1, 0.15) is 12.4 Å². The molecule has 0 atom stereocenters. The van der Waals surface area contributed by atoms with Crippen LogP contribution in [-0.2, 0) is 6.61 Å². The Morgan fingerprint density at radius 3 is 2.52 bits per heavy atom. The molecule has 0 unspecified atom stereocenters. The second-order valence-corrected chi connectivity index (χ2v) is 8.86. The molecule has 10 heteroatoms. The lowest BCUT2D eigenvalue weighted by Crippen LogP contribution is -2.45. The maximum Gasteiger partial charge on any atom is 0.323 e. The second kappa shape index (κ2) is 9.52. The van der Waals surface area contributed by atoms with Crippen LogP contribution >= 0.6 is 11.3 Å². The van der Waals surface area contributed by atoms with Crippen LogP contribution in [0.1, 0.15) is 30.2 Å². The van der Waals surface area contributed by atoms with Gasteiger partial charge in [-0.3, -0.25) is 5.32 Å². The number of rotatable bonds is 7. The van der Waals surface area contributed by atoms with Gasteiger partial charge in [0.15, 0.2) is 5.13 Å². The summed E-state index contributed by atoms with van der Waals surface area (Å²) in [4.78, 5) is 23.6. The Labute approximate surface area is 185 Å². The normalized spacial score (nSPS) is 14.8. The van der Waals surface area contributed by atoms with Crippen LogP contribution < -0.4 is 15.0 Å². The number of hydrogen-bond acceptors (Lipinski definition) is 9. The summed E-state index contributed by atoms with van der Waals surface area (Å²) in [6.07, 6.45) is 1.87. The molecule has 1 saturated heterocycles. The maximum absolute atomic E-state index is 13.2. The fraction of sp³-hybridized carbons (Fsp3) is 0.429. The number of aromatic nitrogens is 4. The van der Waals surface area contributed by atoms with Gasteiger partial charge in [0.2, 0.25) is 11.9 Å². The number of nitrogens with one attached hydrogen (secondary N) is 1. The Morgan fingerprint density at radius 1 is 1.10 bits per heavy atom. The summed E-state index contributed by atoms with van der Waals surface area (Å²) in [7, 11) is 2.10. The van der Waals surface area contributed by atoms with Crippen molar-refractivity contribution in [3.05, 3.63) is 46.7 Å². The third-order valence-electron chi connectivity index (χ3n) is 4.98. The van der Waals surface area contributed by atoms with Crippen LogP contribution in [-0.4, -0.2) is 58.1 Å². The fourth-order valence-electron chi connectivity index (χ4n) is 3.05. The molecule has 1 fully saturated rings. The first-order valence-corrected chi connectivity index (χ1v) is 11.1. The number of nitrogens with zero attached hydrogens (tertiary/aromatic N) is 6. The molecule has 0 spiro atoms. The molecule has 1 N–H and O–H groups in total. The summed E-state index contributed by atoms with van der Waals surface area (Å²) in [5.74, 6) is 1.09. The van der Waals surface area contributed by atoms with Crippen molar-refractivity contribution in [2.45, 2.75) is 26.4 Å². The van der Waals surface area contributed by atoms with E-state index < -0.39 is 0 Å². The molecule has 0 aliphatic carbocycles. The van der Waals surface area contributed by atoms with Gasteiger partial charge in [0, 0.05) is 37.3 Å². The van der Waals surface area contributed by atoms with E-state index in [9.17, 15) is 4.39 Å². The van der Waals surface area contributed by atoms with Crippen molar-refractivity contribution in [3.8, 4) is 6.01 Å². The quantitative estimate of drug-likeness (QED) is 0.593. The molecule has 3 heterocycles. The predicted molar refractivity (Wildman–Crippen MR) is 120 cm³/mol. The van der Waals surface area contributed by atoms with Crippen molar-refractivity contribution in [2.75, 3.05) is 43.4 Å². The standard InChI is InChI=1S/C21H26FN7OS/c1-14(2)17-12-23-21(31-17)26-18-24-19(29-10-8-28(3)9-11-29)27-20(25-18)30-13-15-4-6-16(22)7-5-15/h4-7,12,14H,8-11,13H2,1-3H3,(H,23,24,25,26,27). The number of benzene rings is 1. The number of hydrogen-bond donors (Lipinski definition) is 1. The molecule has 3 aromatic rings. The predicted octanol–water partition coefficient (Wildman–Crippen LogP) is 3.67. The Hall–Kier alpha value is -2.85. The topological polar surface area (TPSA) is 79.3 Å². The Kier molecular flexibility index (Phi) is 6.57. The Morgan fingerprint density at radius 2 is 1.84 bits per heavy atom. The highest BCUT2D eigenvalue weighted by atomic mass is 32.1. The largest absolute Gasteiger partial charge is 0.458 e. The molecule has 8 nitrogen and oxygen atoms in total. The summed E-state index contributed by atoms with van der Waals surface area (Å²) in [5.41, 5.74) is 0.832. The van der Waals surface area contributed by atoms with Crippen LogP contribution in [0.2, 0.25) is 0 Å². The average Bonchev–Trinajstić information content (AvgIpc) is 3.22. The molecular weight excluding hydrogens is 417 g/mol. The zero-order valence-electron chi connectivity index (χ0n) is 17.9. The zero-order valence-corrected chi connectivity index (χ0v) is 18.7. The number of halogens is 1. The van der Waals surface area contributed by atoms with E-state index in [4.69, 9.17) is 4.74 Å². The van der Waals surface area contributed by atoms with E-state index >= 15 is 0 Å². The van der Waals surface area contributed by atoms with Gasteiger partial charge in [-0.2, -0.15) is 15.0 Å². The van der Waals surface area contributed by atoms with Gasteiger partial charge < -0.3 is 14.5 Å². The smallest absolute Gasteiger partial charge is 0.323 e. The van der Waals surface area contributed by atoms with Gasteiger partial charge in [0.05, 0.1) is 0 Å². The third-order valence-corrected chi connectivity index (χ3v) is 6.20. The lowest BCUT2D eigenvalue weighted by atomic mass is 10.2. The third kappa shape index (κ3) is 5.65. The molecule has 0 bridgehead atoms. The monoisotopic (exact) mass is 443 g/mol. The molecule has 4 rings (SSSR count). The summed E-state index contributed by atoms with van der Waals surface area (Å²) >= 11 is 1.58. The summed E-state index contributed by atoms with van der Waals surface area (Å²) in [5, 5.41) is 3.92. The average molecular weight is 444 g/mol. The first kappa shape index (κ1) is 21.4. The van der Waals surface area contributed by atoms with Gasteiger partial charge in [-0.05, 0) is 30.7 Å². The molecule has 0 radical (unpaired) electrons. The van der Waals surface area contributed by atoms with E-state index in [1.165, 1.54) is 17.0 Å². The summed E-state index contributed by atoms with van der Waals surface area (Å²) in [6, 6.07) is 6.39. The van der Waals surface area contributed by atoms with E-state index in [-0.39, 0.29) is 18.4 Å². The first-order chi connectivity index (χ1) is 15.0. The van der Waals surface area contributed by atoms with Gasteiger partial charge in [-0.25, -0.2) is 9.37 Å². The number of piperazine rings is 1. The van der Waals surface area contributed by atoms with Crippen molar-refractivity contribution in [2.24, 2.45) is 0 Å². The highest BCUT2D eigenvalue weighted by molar-refractivity contribution is 7.15. The van der Waals surface area contributed by atoms with Crippen molar-refractivity contribution in [1.29, 1.82) is 0 Å². The molecule has 0 saturated carbocycles. The van der Waals surface area contributed by atoms with E-state index in [2.05, 4.69) is 55.9 Å². The number of thiazole rings is 1. The zero-order chi connectivity index (χ0) is 21.8. The molecule has 1 aliphatic heterocycles. The molecular formula is C21H26FN7OS. The van der Waals surface area contributed by atoms with Crippen molar-refractivity contribution < 1.29 is 9.13 Å². The van der Waals surface area contributed by atoms with Crippen molar-refractivity contribution >= 4 is 28.4 Å². The molecule has 1 aromatic carbocycles. The van der Waals surface area contributed by atoms with Crippen molar-refractivity contribution in [3.63, 3.8) is 0 Å². The molecule has 31 heavy (non-hydrogen) atoms. The lowest BCUT2D eigenvalue weighted by molar-refractivity contribution is 0.278. The van der Waals surface area contributed by atoms with Gasteiger partial charge in [0.25, 0.3) is 0 Å². The summed E-state index contributed by atoms with van der Waals surface area (Å²) < 4.78 is 19.0. The van der Waals surface area contributed by atoms with Gasteiger partial charge in [-0.1, -0.05) is 26.0 Å². The van der Waals surface area contributed by atoms with Crippen LogP contribution in [0.5, 0.6) is 6.01 Å². The fourth-order valence-corrected chi connectivity index (χ4v) is 3.86. The number of anilines is 3. The van der Waals surface area contributed by atoms with Gasteiger partial charge in [-0.15, -0.1) is 11.3 Å². The minimum absolute atomic E-state index is 0.219. The molecule has 164 valence electrons. The van der Waals surface area contributed by atoms with E-state index in [0.717, 1.165) is 36.9 Å². The lowest BCUT2D eigenvalue weighted by Gasteiger charge is -2.32. The molecule has 0 amide bonds. The van der Waals surface area contributed by atoms with Gasteiger partial charge >= 0.3 is 6.01 Å². The van der Waals surface area contributed by atoms with Crippen LogP contribution in [0.25, 0.3) is 0 Å². The Balaban J connectivity index is 1.55. The minimum atomic E-state index is -0.281. The van der Waals surface area contributed by atoms with Crippen molar-refractivity contribution in [1.82, 2.24) is 24.8 Å².